The van der Waals surface area contributed by atoms with E-state index < -0.39 is 5.41 Å². The van der Waals surface area contributed by atoms with E-state index in [-0.39, 0.29) is 5.91 Å². The van der Waals surface area contributed by atoms with E-state index in [1.807, 2.05) is 4.90 Å². The molecule has 0 aliphatic carbocycles. The molecule has 3 aliphatic heterocycles. The van der Waals surface area contributed by atoms with Gasteiger partial charge in [0.1, 0.15) is 12.4 Å². The van der Waals surface area contributed by atoms with Crippen molar-refractivity contribution in [3.05, 3.63) is 26.6 Å². The molecule has 6 heterocycles. The fourth-order valence-electron chi connectivity index (χ4n) is 4.21. The van der Waals surface area contributed by atoms with Crippen LogP contribution in [0.5, 0.6) is 5.75 Å². The first kappa shape index (κ1) is 13.7. The van der Waals surface area contributed by atoms with Crippen LogP contribution in [0.1, 0.15) is 16.2 Å². The summed E-state index contributed by atoms with van der Waals surface area (Å²) in [7, 11) is 2.12. The minimum Gasteiger partial charge on any atom is -0.490 e. The molecule has 6 rings (SSSR count). The lowest BCUT2D eigenvalue weighted by molar-refractivity contribution is -0.122. The molecular weight excluding hydrogens is 360 g/mol. The van der Waals surface area contributed by atoms with Crippen LogP contribution in [-0.4, -0.2) is 32.7 Å². The van der Waals surface area contributed by atoms with Gasteiger partial charge in [-0.1, -0.05) is 0 Å². The highest BCUT2D eigenvalue weighted by molar-refractivity contribution is 7.38. The molecule has 4 nitrogen and oxygen atoms in total. The van der Waals surface area contributed by atoms with Gasteiger partial charge in [-0.15, -0.1) is 34.0 Å². The number of thiophene rings is 3. The first-order valence-corrected chi connectivity index (χ1v) is 10.6. The van der Waals surface area contributed by atoms with Crippen LogP contribution in [0, 0.1) is 0 Å². The molecule has 3 aromatic heterocycles. The quantitative estimate of drug-likeness (QED) is 0.598. The number of nitrogens with zero attached hydrogens (tertiary/aromatic N) is 2. The number of carbonyl (C=O) groups is 1. The largest absolute Gasteiger partial charge is 0.490 e. The molecule has 1 amide bonds. The smallest absolute Gasteiger partial charge is 0.247 e. The maximum absolute atomic E-state index is 13.5. The number of hydrogen-bond acceptors (Lipinski definition) is 6. The summed E-state index contributed by atoms with van der Waals surface area (Å²) < 4.78 is 7.38. The van der Waals surface area contributed by atoms with Crippen LogP contribution in [0.15, 0.2) is 16.8 Å². The average Bonchev–Trinajstić information content (AvgIpc) is 3.30. The third-order valence-electron chi connectivity index (χ3n) is 5.40. The molecule has 0 bridgehead atoms. The summed E-state index contributed by atoms with van der Waals surface area (Å²) in [5.41, 5.74) is 1.73. The number of amides is 1. The standard InChI is InChI=1S/C17H14N2O2S3/c1-18-4-2-5-19-11-10(18)7-23-13(11)17(16(19)20)8-21-12-9-3-6-22-15(9)24-14(12)17/h3,6-7H,2,4-5,8H2,1H3. The summed E-state index contributed by atoms with van der Waals surface area (Å²) in [6.45, 7) is 2.25. The van der Waals surface area contributed by atoms with Gasteiger partial charge in [0.2, 0.25) is 5.91 Å². The maximum Gasteiger partial charge on any atom is 0.247 e. The lowest BCUT2D eigenvalue weighted by Gasteiger charge is -2.21. The molecule has 7 heteroatoms. The molecule has 3 aliphatic rings. The minimum absolute atomic E-state index is 0.216. The molecule has 0 aromatic carbocycles. The maximum atomic E-state index is 13.5. The topological polar surface area (TPSA) is 32.8 Å². The normalized spacial score (nSPS) is 24.6. The summed E-state index contributed by atoms with van der Waals surface area (Å²) in [5.74, 6) is 1.16. The van der Waals surface area contributed by atoms with Gasteiger partial charge in [-0.05, 0) is 17.9 Å². The van der Waals surface area contributed by atoms with E-state index in [1.165, 1.54) is 20.0 Å². The summed E-state index contributed by atoms with van der Waals surface area (Å²) in [6.07, 6.45) is 1.00. The molecular formula is C17H14N2O2S3. The van der Waals surface area contributed by atoms with Gasteiger partial charge in [0, 0.05) is 30.9 Å². The van der Waals surface area contributed by atoms with Crippen LogP contribution < -0.4 is 14.5 Å². The van der Waals surface area contributed by atoms with Crippen molar-refractivity contribution < 1.29 is 9.53 Å². The highest BCUT2D eigenvalue weighted by atomic mass is 32.2. The molecule has 3 aromatic rings. The highest BCUT2D eigenvalue weighted by Crippen LogP contribution is 2.61. The molecule has 1 atom stereocenters. The van der Waals surface area contributed by atoms with Gasteiger partial charge in [-0.2, -0.15) is 0 Å². The van der Waals surface area contributed by atoms with E-state index in [2.05, 4.69) is 28.8 Å². The van der Waals surface area contributed by atoms with E-state index in [0.717, 1.165) is 35.8 Å². The van der Waals surface area contributed by atoms with E-state index in [9.17, 15) is 4.79 Å². The number of carbonyl (C=O) groups excluding carboxylic acids is 1. The Bertz CT molecular complexity index is 1020. The Kier molecular flexibility index (Phi) is 2.47. The number of fused-ring (bicyclic) bond motifs is 5. The zero-order chi connectivity index (χ0) is 16.1. The summed E-state index contributed by atoms with van der Waals surface area (Å²) in [6, 6.07) is 2.11. The van der Waals surface area contributed by atoms with Crippen LogP contribution in [0.25, 0.3) is 9.40 Å². The summed E-state index contributed by atoms with van der Waals surface area (Å²) >= 11 is 5.20. The summed E-state index contributed by atoms with van der Waals surface area (Å²) in [5, 5.41) is 5.48. The highest BCUT2D eigenvalue weighted by Gasteiger charge is 2.60. The fourth-order valence-corrected chi connectivity index (χ4v) is 7.93. The number of anilines is 2. The van der Waals surface area contributed by atoms with Gasteiger partial charge in [-0.3, -0.25) is 4.79 Å². The van der Waals surface area contributed by atoms with Crippen LogP contribution in [-0.2, 0) is 10.2 Å². The van der Waals surface area contributed by atoms with Gasteiger partial charge in [-0.25, -0.2) is 0 Å². The van der Waals surface area contributed by atoms with Crippen molar-refractivity contribution in [1.82, 2.24) is 0 Å². The fraction of sp³-hybridized carbons (Fsp3) is 0.353. The van der Waals surface area contributed by atoms with E-state index >= 15 is 0 Å². The Labute approximate surface area is 150 Å². The lowest BCUT2D eigenvalue weighted by atomic mass is 9.87. The number of rotatable bonds is 0. The monoisotopic (exact) mass is 374 g/mol. The van der Waals surface area contributed by atoms with E-state index in [0.29, 0.717) is 6.61 Å². The molecule has 1 unspecified atom stereocenters. The Morgan fingerprint density at radius 2 is 2.17 bits per heavy atom. The second-order valence-electron chi connectivity index (χ2n) is 6.61. The molecule has 0 fully saturated rings. The summed E-state index contributed by atoms with van der Waals surface area (Å²) in [4.78, 5) is 20.1. The first-order chi connectivity index (χ1) is 11.7. The molecule has 0 saturated carbocycles. The van der Waals surface area contributed by atoms with Crippen molar-refractivity contribution in [2.45, 2.75) is 11.8 Å². The van der Waals surface area contributed by atoms with Crippen molar-refractivity contribution >= 4 is 60.7 Å². The van der Waals surface area contributed by atoms with E-state index in [4.69, 9.17) is 4.74 Å². The van der Waals surface area contributed by atoms with Gasteiger partial charge in [0.15, 0.2) is 5.41 Å². The predicted molar refractivity (Wildman–Crippen MR) is 101 cm³/mol. The third kappa shape index (κ3) is 1.36. The van der Waals surface area contributed by atoms with Crippen LogP contribution in [0.3, 0.4) is 0 Å². The van der Waals surface area contributed by atoms with Crippen molar-refractivity contribution in [2.75, 3.05) is 36.5 Å². The van der Waals surface area contributed by atoms with Crippen molar-refractivity contribution in [2.24, 2.45) is 0 Å². The van der Waals surface area contributed by atoms with Gasteiger partial charge in [0.05, 0.1) is 25.1 Å². The average molecular weight is 375 g/mol. The zero-order valence-electron chi connectivity index (χ0n) is 13.0. The van der Waals surface area contributed by atoms with Crippen molar-refractivity contribution in [3.8, 4) is 5.75 Å². The van der Waals surface area contributed by atoms with E-state index in [1.54, 1.807) is 34.0 Å². The Morgan fingerprint density at radius 3 is 3.08 bits per heavy atom. The molecule has 0 saturated heterocycles. The SMILES string of the molecule is CN1CCCN2C(=O)C3(COc4c3sc3sccc43)c3scc1c32. The lowest BCUT2D eigenvalue weighted by Crippen LogP contribution is -2.42. The Balaban J connectivity index is 1.66. The molecule has 0 radical (unpaired) electrons. The number of hydrogen-bond donors (Lipinski definition) is 0. The molecule has 0 N–H and O–H groups in total. The van der Waals surface area contributed by atoms with Crippen molar-refractivity contribution in [1.29, 1.82) is 0 Å². The van der Waals surface area contributed by atoms with Gasteiger partial charge in [0.25, 0.3) is 0 Å². The van der Waals surface area contributed by atoms with Crippen LogP contribution in [0.4, 0.5) is 11.4 Å². The predicted octanol–water partition coefficient (Wildman–Crippen LogP) is 3.89. The first-order valence-electron chi connectivity index (χ1n) is 8.00. The second kappa shape index (κ2) is 4.33. The Hall–Kier alpha value is -1.57. The zero-order valence-corrected chi connectivity index (χ0v) is 15.4. The minimum atomic E-state index is -0.602. The van der Waals surface area contributed by atoms with Crippen molar-refractivity contribution in [3.63, 3.8) is 0 Å². The van der Waals surface area contributed by atoms with Gasteiger partial charge < -0.3 is 14.5 Å². The Morgan fingerprint density at radius 1 is 1.25 bits per heavy atom. The number of ether oxygens (including phenoxy) is 1. The van der Waals surface area contributed by atoms with Gasteiger partial charge >= 0.3 is 0 Å². The molecule has 122 valence electrons. The second-order valence-corrected chi connectivity index (χ2v) is 9.68. The van der Waals surface area contributed by atoms with Crippen LogP contribution >= 0.6 is 34.0 Å². The van der Waals surface area contributed by atoms with Crippen LogP contribution in [0.2, 0.25) is 0 Å². The molecule has 1 spiro atoms. The molecule has 24 heavy (non-hydrogen) atoms. The third-order valence-corrected chi connectivity index (χ3v) is 8.90.